The SMILES string of the molecule is C[C@@H](C(=O)Nc1cc(F)ccc1F)N(C)Cc1cccc(F)c1. The fraction of sp³-hybridized carbons (Fsp3) is 0.235. The average Bonchev–Trinajstić information content (AvgIpc) is 2.50. The minimum Gasteiger partial charge on any atom is -0.322 e. The van der Waals surface area contributed by atoms with E-state index in [0.717, 1.165) is 18.2 Å². The van der Waals surface area contributed by atoms with Gasteiger partial charge < -0.3 is 5.32 Å². The standard InChI is InChI=1S/C17H17F3N2O/c1-11(22(2)10-12-4-3-5-13(18)8-12)17(23)21-16-9-14(19)6-7-15(16)20/h3-9,11H,10H2,1-2H3,(H,21,23)/t11-/m0/s1. The number of rotatable bonds is 5. The number of halogens is 3. The van der Waals surface area contributed by atoms with Gasteiger partial charge in [0.2, 0.25) is 5.91 Å². The molecule has 0 saturated heterocycles. The Morgan fingerprint density at radius 3 is 2.52 bits per heavy atom. The van der Waals surface area contributed by atoms with Gasteiger partial charge in [-0.3, -0.25) is 9.69 Å². The molecule has 0 unspecified atom stereocenters. The van der Waals surface area contributed by atoms with Gasteiger partial charge in [0.25, 0.3) is 0 Å². The van der Waals surface area contributed by atoms with Crippen LogP contribution in [0, 0.1) is 17.5 Å². The highest BCUT2D eigenvalue weighted by Gasteiger charge is 2.19. The minimum absolute atomic E-state index is 0.207. The number of carbonyl (C=O) groups excluding carboxylic acids is 1. The Balaban J connectivity index is 2.02. The molecule has 2 aromatic rings. The second kappa shape index (κ2) is 7.28. The topological polar surface area (TPSA) is 32.3 Å². The van der Waals surface area contributed by atoms with E-state index in [1.807, 2.05) is 0 Å². The summed E-state index contributed by atoms with van der Waals surface area (Å²) < 4.78 is 39.8. The molecule has 0 bridgehead atoms. The quantitative estimate of drug-likeness (QED) is 0.913. The molecule has 122 valence electrons. The van der Waals surface area contributed by atoms with Crippen molar-refractivity contribution < 1.29 is 18.0 Å². The first kappa shape index (κ1) is 17.0. The van der Waals surface area contributed by atoms with Crippen molar-refractivity contribution in [2.45, 2.75) is 19.5 Å². The molecule has 2 rings (SSSR count). The van der Waals surface area contributed by atoms with Crippen LogP contribution >= 0.6 is 0 Å². The molecule has 2 aromatic carbocycles. The smallest absolute Gasteiger partial charge is 0.241 e. The molecular formula is C17H17F3N2O. The lowest BCUT2D eigenvalue weighted by molar-refractivity contribution is -0.120. The molecule has 0 saturated carbocycles. The molecular weight excluding hydrogens is 305 g/mol. The first-order valence-electron chi connectivity index (χ1n) is 7.07. The maximum Gasteiger partial charge on any atom is 0.241 e. The molecule has 3 nitrogen and oxygen atoms in total. The van der Waals surface area contributed by atoms with E-state index in [-0.39, 0.29) is 11.5 Å². The van der Waals surface area contributed by atoms with Crippen LogP contribution in [0.25, 0.3) is 0 Å². The van der Waals surface area contributed by atoms with Crippen molar-refractivity contribution in [1.29, 1.82) is 0 Å². The van der Waals surface area contributed by atoms with E-state index < -0.39 is 23.6 Å². The largest absolute Gasteiger partial charge is 0.322 e. The molecule has 0 spiro atoms. The minimum atomic E-state index is -0.709. The zero-order valence-electron chi connectivity index (χ0n) is 12.8. The number of amides is 1. The van der Waals surface area contributed by atoms with Crippen LogP contribution < -0.4 is 5.32 Å². The van der Waals surface area contributed by atoms with Crippen LogP contribution in [0.3, 0.4) is 0 Å². The van der Waals surface area contributed by atoms with Gasteiger partial charge in [0.15, 0.2) is 0 Å². The molecule has 0 aliphatic heterocycles. The Morgan fingerprint density at radius 2 is 1.83 bits per heavy atom. The zero-order chi connectivity index (χ0) is 17.0. The van der Waals surface area contributed by atoms with E-state index >= 15 is 0 Å². The second-order valence-electron chi connectivity index (χ2n) is 5.33. The first-order valence-corrected chi connectivity index (χ1v) is 7.07. The molecule has 6 heteroatoms. The molecule has 1 atom stereocenters. The summed E-state index contributed by atoms with van der Waals surface area (Å²) in [5, 5.41) is 2.36. The third-order valence-corrected chi connectivity index (χ3v) is 3.55. The Hall–Kier alpha value is -2.34. The zero-order valence-corrected chi connectivity index (χ0v) is 12.8. The van der Waals surface area contributed by atoms with Crippen molar-refractivity contribution in [3.63, 3.8) is 0 Å². The van der Waals surface area contributed by atoms with Crippen LogP contribution in [0.5, 0.6) is 0 Å². The Bertz CT molecular complexity index is 706. The van der Waals surface area contributed by atoms with Gasteiger partial charge in [0, 0.05) is 12.6 Å². The second-order valence-corrected chi connectivity index (χ2v) is 5.33. The van der Waals surface area contributed by atoms with Crippen LogP contribution in [0.1, 0.15) is 12.5 Å². The van der Waals surface area contributed by atoms with Gasteiger partial charge in [-0.2, -0.15) is 0 Å². The summed E-state index contributed by atoms with van der Waals surface area (Å²) in [6.07, 6.45) is 0. The fourth-order valence-corrected chi connectivity index (χ4v) is 2.09. The molecule has 0 aliphatic rings. The van der Waals surface area contributed by atoms with Crippen molar-refractivity contribution in [1.82, 2.24) is 4.90 Å². The van der Waals surface area contributed by atoms with Gasteiger partial charge in [-0.05, 0) is 43.8 Å². The maximum atomic E-state index is 13.5. The van der Waals surface area contributed by atoms with Crippen LogP contribution in [-0.4, -0.2) is 23.9 Å². The predicted octanol–water partition coefficient (Wildman–Crippen LogP) is 3.56. The van der Waals surface area contributed by atoms with Gasteiger partial charge in [-0.25, -0.2) is 13.2 Å². The van der Waals surface area contributed by atoms with E-state index in [1.165, 1.54) is 12.1 Å². The third-order valence-electron chi connectivity index (χ3n) is 3.55. The van der Waals surface area contributed by atoms with E-state index in [4.69, 9.17) is 0 Å². The molecule has 0 radical (unpaired) electrons. The number of anilines is 1. The van der Waals surface area contributed by atoms with Gasteiger partial charge in [-0.1, -0.05) is 12.1 Å². The fourth-order valence-electron chi connectivity index (χ4n) is 2.09. The maximum absolute atomic E-state index is 13.5. The highest BCUT2D eigenvalue weighted by Crippen LogP contribution is 2.16. The summed E-state index contributed by atoms with van der Waals surface area (Å²) in [5.41, 5.74) is 0.505. The summed E-state index contributed by atoms with van der Waals surface area (Å²) in [7, 11) is 1.69. The normalized spacial score (nSPS) is 12.3. The number of carbonyl (C=O) groups is 1. The Morgan fingerprint density at radius 1 is 1.13 bits per heavy atom. The van der Waals surface area contributed by atoms with Crippen LogP contribution in [-0.2, 0) is 11.3 Å². The highest BCUT2D eigenvalue weighted by atomic mass is 19.1. The van der Waals surface area contributed by atoms with Crippen molar-refractivity contribution >= 4 is 11.6 Å². The highest BCUT2D eigenvalue weighted by molar-refractivity contribution is 5.94. The average molecular weight is 322 g/mol. The summed E-state index contributed by atoms with van der Waals surface area (Å²) >= 11 is 0. The Kier molecular flexibility index (Phi) is 5.39. The number of hydrogen-bond donors (Lipinski definition) is 1. The van der Waals surface area contributed by atoms with Gasteiger partial charge in [-0.15, -0.1) is 0 Å². The van der Waals surface area contributed by atoms with E-state index in [0.29, 0.717) is 12.1 Å². The van der Waals surface area contributed by atoms with Gasteiger partial charge in [0.1, 0.15) is 17.5 Å². The predicted molar refractivity (Wildman–Crippen MR) is 82.3 cm³/mol. The number of nitrogens with one attached hydrogen (secondary N) is 1. The summed E-state index contributed by atoms with van der Waals surface area (Å²) in [6.45, 7) is 1.98. The van der Waals surface area contributed by atoms with Crippen molar-refractivity contribution in [3.8, 4) is 0 Å². The van der Waals surface area contributed by atoms with E-state index in [2.05, 4.69) is 5.32 Å². The number of nitrogens with zero attached hydrogens (tertiary/aromatic N) is 1. The lowest BCUT2D eigenvalue weighted by atomic mass is 10.1. The van der Waals surface area contributed by atoms with Crippen molar-refractivity contribution in [3.05, 3.63) is 65.5 Å². The van der Waals surface area contributed by atoms with Crippen LogP contribution in [0.4, 0.5) is 18.9 Å². The molecule has 0 heterocycles. The Labute approximate surface area is 132 Å². The van der Waals surface area contributed by atoms with E-state index in [9.17, 15) is 18.0 Å². The van der Waals surface area contributed by atoms with Crippen LogP contribution in [0.15, 0.2) is 42.5 Å². The molecule has 0 aliphatic carbocycles. The molecule has 23 heavy (non-hydrogen) atoms. The summed E-state index contributed by atoms with van der Waals surface area (Å²) in [6, 6.07) is 8.30. The van der Waals surface area contributed by atoms with Crippen molar-refractivity contribution in [2.75, 3.05) is 12.4 Å². The number of benzene rings is 2. The molecule has 0 aromatic heterocycles. The first-order chi connectivity index (χ1) is 10.9. The summed E-state index contributed by atoms with van der Waals surface area (Å²) in [5.74, 6) is -2.18. The lowest BCUT2D eigenvalue weighted by Crippen LogP contribution is -2.39. The summed E-state index contributed by atoms with van der Waals surface area (Å²) in [4.78, 5) is 13.8. The number of hydrogen-bond acceptors (Lipinski definition) is 2. The molecule has 0 fully saturated rings. The number of likely N-dealkylation sites (N-methyl/N-ethyl adjacent to an activating group) is 1. The van der Waals surface area contributed by atoms with E-state index in [1.54, 1.807) is 31.0 Å². The third kappa shape index (κ3) is 4.56. The lowest BCUT2D eigenvalue weighted by Gasteiger charge is -2.24. The van der Waals surface area contributed by atoms with Crippen LogP contribution in [0.2, 0.25) is 0 Å². The molecule has 1 amide bonds. The van der Waals surface area contributed by atoms with Gasteiger partial charge >= 0.3 is 0 Å². The van der Waals surface area contributed by atoms with Crippen molar-refractivity contribution in [2.24, 2.45) is 0 Å². The molecule has 1 N–H and O–H groups in total. The monoisotopic (exact) mass is 322 g/mol. The van der Waals surface area contributed by atoms with Gasteiger partial charge in [0.05, 0.1) is 11.7 Å².